The van der Waals surface area contributed by atoms with Crippen molar-refractivity contribution >= 4 is 33.8 Å². The first-order valence-electron chi connectivity index (χ1n) is 12.5. The van der Waals surface area contributed by atoms with Crippen molar-refractivity contribution in [2.24, 2.45) is 0 Å². The van der Waals surface area contributed by atoms with Gasteiger partial charge < -0.3 is 9.80 Å². The third kappa shape index (κ3) is 5.86. The lowest BCUT2D eigenvalue weighted by Gasteiger charge is -2.23. The van der Waals surface area contributed by atoms with Crippen LogP contribution in [0.5, 0.6) is 0 Å². The Morgan fingerprint density at radius 1 is 0.500 bits per heavy atom. The maximum absolute atomic E-state index is 13.2. The highest BCUT2D eigenvalue weighted by atomic mass is 32.2. The lowest BCUT2D eigenvalue weighted by Crippen LogP contribution is -2.12. The molecular formula is C33H30N2O2S. The van der Waals surface area contributed by atoms with Gasteiger partial charge in [-0.25, -0.2) is 4.21 Å². The van der Waals surface area contributed by atoms with Crippen LogP contribution >= 0.6 is 0 Å². The number of anilines is 4. The first kappa shape index (κ1) is 25.5. The Labute approximate surface area is 227 Å². The van der Waals surface area contributed by atoms with Gasteiger partial charge in [-0.2, -0.15) is 0 Å². The van der Waals surface area contributed by atoms with E-state index in [9.17, 15) is 4.21 Å². The highest BCUT2D eigenvalue weighted by Crippen LogP contribution is 2.33. The van der Waals surface area contributed by atoms with Gasteiger partial charge in [0.15, 0.2) is 11.1 Å². The van der Waals surface area contributed by atoms with E-state index in [1.165, 1.54) is 0 Å². The second-order valence-electron chi connectivity index (χ2n) is 9.00. The molecule has 0 N–H and O–H groups in total. The number of hydrogen-bond donors (Lipinski definition) is 0. The molecule has 0 aromatic heterocycles. The van der Waals surface area contributed by atoms with Crippen LogP contribution in [0.15, 0.2) is 144 Å². The number of rotatable bonds is 9. The average Bonchev–Trinajstić information content (AvgIpc) is 3.00. The normalized spacial score (nSPS) is 11.8. The topological polar surface area (TPSA) is 32.8 Å². The molecule has 0 fully saturated rings. The van der Waals surface area contributed by atoms with Crippen molar-refractivity contribution in [1.82, 2.24) is 0 Å². The number of benzene rings is 5. The maximum Gasteiger partial charge on any atom is 0.190 e. The SMILES string of the molecule is CN(c1ccccc1)c1ccc(C(OS(=O)c2ccccc2)c2ccc(N(C)c3ccccc3)cc2)cc1. The molecule has 5 rings (SSSR count). The molecule has 5 aromatic rings. The molecule has 0 amide bonds. The van der Waals surface area contributed by atoms with Crippen LogP contribution in [-0.4, -0.2) is 18.3 Å². The summed E-state index contributed by atoms with van der Waals surface area (Å²) in [5.74, 6) is 0. The van der Waals surface area contributed by atoms with E-state index in [0.717, 1.165) is 33.9 Å². The summed E-state index contributed by atoms with van der Waals surface area (Å²) < 4.78 is 19.4. The fraction of sp³-hybridized carbons (Fsp3) is 0.0909. The third-order valence-electron chi connectivity index (χ3n) is 6.57. The van der Waals surface area contributed by atoms with Crippen molar-refractivity contribution in [1.29, 1.82) is 0 Å². The lowest BCUT2D eigenvalue weighted by molar-refractivity contribution is 0.275. The van der Waals surface area contributed by atoms with Crippen LogP contribution in [0.4, 0.5) is 22.7 Å². The van der Waals surface area contributed by atoms with Gasteiger partial charge >= 0.3 is 0 Å². The molecule has 0 spiro atoms. The fourth-order valence-electron chi connectivity index (χ4n) is 4.32. The molecule has 4 nitrogen and oxygen atoms in total. The predicted octanol–water partition coefficient (Wildman–Crippen LogP) is 8.05. The zero-order valence-electron chi connectivity index (χ0n) is 21.5. The van der Waals surface area contributed by atoms with Crippen LogP contribution < -0.4 is 9.80 Å². The van der Waals surface area contributed by atoms with Gasteiger partial charge in [-0.05, 0) is 71.8 Å². The monoisotopic (exact) mass is 518 g/mol. The molecule has 5 aromatic carbocycles. The summed E-state index contributed by atoms with van der Waals surface area (Å²) in [4.78, 5) is 4.91. The van der Waals surface area contributed by atoms with Gasteiger partial charge in [-0.15, -0.1) is 0 Å². The Bertz CT molecular complexity index is 1370. The second kappa shape index (κ2) is 11.9. The smallest absolute Gasteiger partial charge is 0.190 e. The van der Waals surface area contributed by atoms with Gasteiger partial charge in [0.25, 0.3) is 0 Å². The molecular weight excluding hydrogens is 488 g/mol. The molecule has 1 atom stereocenters. The second-order valence-corrected chi connectivity index (χ2v) is 10.1. The van der Waals surface area contributed by atoms with Crippen LogP contribution in [0.3, 0.4) is 0 Å². The molecule has 0 aliphatic rings. The van der Waals surface area contributed by atoms with E-state index in [2.05, 4.69) is 58.3 Å². The van der Waals surface area contributed by atoms with E-state index >= 15 is 0 Å². The number of nitrogens with zero attached hydrogens (tertiary/aromatic N) is 2. The van der Waals surface area contributed by atoms with Crippen molar-refractivity contribution in [3.05, 3.63) is 151 Å². The highest BCUT2D eigenvalue weighted by Gasteiger charge is 2.20. The molecule has 0 radical (unpaired) electrons. The predicted molar refractivity (Wildman–Crippen MR) is 158 cm³/mol. The standard InChI is InChI=1S/C33H30N2O2S/c1-34(28-12-6-3-7-13-28)30-22-18-26(19-23-30)33(37-38(36)32-16-10-5-11-17-32)27-20-24-31(25-21-27)35(2)29-14-8-4-9-15-29/h3-25,33H,1-2H3. The minimum atomic E-state index is -1.62. The van der Waals surface area contributed by atoms with Gasteiger partial charge in [0.1, 0.15) is 6.10 Å². The summed E-state index contributed by atoms with van der Waals surface area (Å²) in [7, 11) is 4.09. The summed E-state index contributed by atoms with van der Waals surface area (Å²) in [6.07, 6.45) is -0.497. The maximum atomic E-state index is 13.2. The Morgan fingerprint density at radius 3 is 1.24 bits per heavy atom. The van der Waals surface area contributed by atoms with Crippen molar-refractivity contribution in [2.75, 3.05) is 23.9 Å². The largest absolute Gasteiger partial charge is 0.345 e. The zero-order chi connectivity index (χ0) is 26.3. The molecule has 38 heavy (non-hydrogen) atoms. The summed E-state index contributed by atoms with van der Waals surface area (Å²) >= 11 is -1.62. The van der Waals surface area contributed by atoms with Crippen LogP contribution in [0.2, 0.25) is 0 Å². The van der Waals surface area contributed by atoms with Gasteiger partial charge in [-0.3, -0.25) is 4.18 Å². The van der Waals surface area contributed by atoms with E-state index in [4.69, 9.17) is 4.18 Å². The molecule has 190 valence electrons. The zero-order valence-corrected chi connectivity index (χ0v) is 22.3. The van der Waals surface area contributed by atoms with Gasteiger partial charge in [0.2, 0.25) is 0 Å². The molecule has 0 bridgehead atoms. The average molecular weight is 519 g/mol. The summed E-state index contributed by atoms with van der Waals surface area (Å²) in [6, 6.07) is 46.2. The van der Waals surface area contributed by atoms with E-state index in [1.807, 2.05) is 105 Å². The highest BCUT2D eigenvalue weighted by molar-refractivity contribution is 7.80. The summed E-state index contributed by atoms with van der Waals surface area (Å²) in [5, 5.41) is 0. The fourth-order valence-corrected chi connectivity index (χ4v) is 5.21. The van der Waals surface area contributed by atoms with Crippen molar-refractivity contribution in [3.8, 4) is 0 Å². The van der Waals surface area contributed by atoms with Crippen molar-refractivity contribution in [2.45, 2.75) is 11.0 Å². The first-order chi connectivity index (χ1) is 18.6. The van der Waals surface area contributed by atoms with Crippen molar-refractivity contribution < 1.29 is 8.39 Å². The molecule has 1 unspecified atom stereocenters. The Balaban J connectivity index is 1.44. The Hall–Kier alpha value is -4.19. The lowest BCUT2D eigenvalue weighted by atomic mass is 10.0. The minimum Gasteiger partial charge on any atom is -0.345 e. The van der Waals surface area contributed by atoms with Crippen LogP contribution in [-0.2, 0) is 15.3 Å². The van der Waals surface area contributed by atoms with Crippen LogP contribution in [0, 0.1) is 0 Å². The molecule has 0 aliphatic heterocycles. The number of para-hydroxylation sites is 2. The Kier molecular flexibility index (Phi) is 7.98. The van der Waals surface area contributed by atoms with E-state index in [0.29, 0.717) is 4.90 Å². The molecule has 0 saturated carbocycles. The minimum absolute atomic E-state index is 0.497. The van der Waals surface area contributed by atoms with Gasteiger partial charge in [0, 0.05) is 36.8 Å². The van der Waals surface area contributed by atoms with Gasteiger partial charge in [-0.1, -0.05) is 78.9 Å². The van der Waals surface area contributed by atoms with E-state index in [-0.39, 0.29) is 0 Å². The Morgan fingerprint density at radius 2 is 0.842 bits per heavy atom. The van der Waals surface area contributed by atoms with Crippen LogP contribution in [0.1, 0.15) is 17.2 Å². The molecule has 0 heterocycles. The van der Waals surface area contributed by atoms with Crippen molar-refractivity contribution in [3.63, 3.8) is 0 Å². The third-order valence-corrected chi connectivity index (χ3v) is 7.60. The van der Waals surface area contributed by atoms with Gasteiger partial charge in [0.05, 0.1) is 4.90 Å². The van der Waals surface area contributed by atoms with E-state index in [1.54, 1.807) is 0 Å². The quantitative estimate of drug-likeness (QED) is 0.198. The number of hydrogen-bond acceptors (Lipinski definition) is 4. The van der Waals surface area contributed by atoms with Crippen LogP contribution in [0.25, 0.3) is 0 Å². The molecule has 0 saturated heterocycles. The summed E-state index contributed by atoms with van der Waals surface area (Å²) in [5.41, 5.74) is 6.20. The molecule has 0 aliphatic carbocycles. The molecule has 5 heteroatoms. The first-order valence-corrected chi connectivity index (χ1v) is 13.6. The summed E-state index contributed by atoms with van der Waals surface area (Å²) in [6.45, 7) is 0. The van der Waals surface area contributed by atoms with E-state index < -0.39 is 17.2 Å².